The zero-order valence-electron chi connectivity index (χ0n) is 14.7. The van der Waals surface area contributed by atoms with E-state index in [1.165, 1.54) is 0 Å². The molecular weight excluding hydrogens is 318 g/mol. The van der Waals surface area contributed by atoms with E-state index in [-0.39, 0.29) is 12.5 Å². The van der Waals surface area contributed by atoms with Crippen LogP contribution in [0.15, 0.2) is 48.5 Å². The molecule has 0 aliphatic heterocycles. The summed E-state index contributed by atoms with van der Waals surface area (Å²) < 4.78 is 10.5. The highest BCUT2D eigenvalue weighted by Crippen LogP contribution is 2.14. The molecule has 2 aromatic carbocycles. The Morgan fingerprint density at radius 3 is 2.52 bits per heavy atom. The number of hydrogen-bond donors (Lipinski definition) is 1. The number of amides is 1. The largest absolute Gasteiger partial charge is 0.479 e. The Kier molecular flexibility index (Phi) is 6.57. The summed E-state index contributed by atoms with van der Waals surface area (Å²) >= 11 is 0. The Balaban J connectivity index is 1.79. The molecule has 0 saturated carbocycles. The number of anilines is 1. The van der Waals surface area contributed by atoms with E-state index in [1.54, 1.807) is 25.1 Å². The van der Waals surface area contributed by atoms with Gasteiger partial charge in [0.2, 0.25) is 0 Å². The Labute approximate surface area is 148 Å². The minimum absolute atomic E-state index is 0.350. The van der Waals surface area contributed by atoms with Crippen molar-refractivity contribution >= 4 is 17.6 Å². The standard InChI is InChI=1S/C20H23NO4/c1-4-16-6-5-7-17(12-16)21-19(22)13-24-20(23)15(3)25-18-10-8-14(2)9-11-18/h5-12,15H,4,13H2,1-3H3,(H,21,22). The summed E-state index contributed by atoms with van der Waals surface area (Å²) in [6, 6.07) is 14.9. The van der Waals surface area contributed by atoms with Crippen LogP contribution in [0.3, 0.4) is 0 Å². The van der Waals surface area contributed by atoms with Gasteiger partial charge in [0.1, 0.15) is 5.75 Å². The molecule has 0 saturated heterocycles. The second kappa shape index (κ2) is 8.87. The third kappa shape index (κ3) is 5.95. The molecule has 0 aliphatic carbocycles. The van der Waals surface area contributed by atoms with Gasteiger partial charge in [-0.25, -0.2) is 4.79 Å². The van der Waals surface area contributed by atoms with E-state index in [0.717, 1.165) is 17.5 Å². The van der Waals surface area contributed by atoms with Gasteiger partial charge in [0.05, 0.1) is 0 Å². The van der Waals surface area contributed by atoms with Crippen LogP contribution in [0.4, 0.5) is 5.69 Å². The summed E-state index contributed by atoms with van der Waals surface area (Å²) in [5.74, 6) is -0.391. The minimum Gasteiger partial charge on any atom is -0.479 e. The number of rotatable bonds is 7. The predicted octanol–water partition coefficient (Wildman–Crippen LogP) is 3.51. The van der Waals surface area contributed by atoms with Crippen molar-refractivity contribution in [2.75, 3.05) is 11.9 Å². The smallest absolute Gasteiger partial charge is 0.347 e. The maximum absolute atomic E-state index is 11.9. The van der Waals surface area contributed by atoms with Crippen molar-refractivity contribution in [1.82, 2.24) is 0 Å². The van der Waals surface area contributed by atoms with Gasteiger partial charge in [0.25, 0.3) is 5.91 Å². The molecule has 1 amide bonds. The molecule has 132 valence electrons. The third-order valence-corrected chi connectivity index (χ3v) is 3.63. The fourth-order valence-electron chi connectivity index (χ4n) is 2.19. The molecule has 1 unspecified atom stereocenters. The van der Waals surface area contributed by atoms with E-state index in [0.29, 0.717) is 11.4 Å². The van der Waals surface area contributed by atoms with Crippen molar-refractivity contribution in [3.8, 4) is 5.75 Å². The lowest BCUT2D eigenvalue weighted by Gasteiger charge is -2.14. The second-order valence-electron chi connectivity index (χ2n) is 5.78. The van der Waals surface area contributed by atoms with Crippen LogP contribution in [0.1, 0.15) is 25.0 Å². The highest BCUT2D eigenvalue weighted by atomic mass is 16.6. The summed E-state index contributed by atoms with van der Waals surface area (Å²) in [4.78, 5) is 23.9. The van der Waals surface area contributed by atoms with Gasteiger partial charge in [-0.2, -0.15) is 0 Å². The fraction of sp³-hybridized carbons (Fsp3) is 0.300. The van der Waals surface area contributed by atoms with Gasteiger partial charge in [-0.15, -0.1) is 0 Å². The molecule has 2 rings (SSSR count). The zero-order chi connectivity index (χ0) is 18.2. The van der Waals surface area contributed by atoms with Crippen LogP contribution in [-0.2, 0) is 20.7 Å². The molecule has 0 heterocycles. The molecule has 0 fully saturated rings. The first-order valence-corrected chi connectivity index (χ1v) is 8.26. The summed E-state index contributed by atoms with van der Waals surface area (Å²) in [6.45, 7) is 5.25. The molecule has 0 spiro atoms. The monoisotopic (exact) mass is 341 g/mol. The van der Waals surface area contributed by atoms with Gasteiger partial charge in [0, 0.05) is 5.69 Å². The van der Waals surface area contributed by atoms with Gasteiger partial charge in [-0.05, 0) is 50.1 Å². The van der Waals surface area contributed by atoms with Gasteiger partial charge in [0.15, 0.2) is 12.7 Å². The molecule has 5 nitrogen and oxygen atoms in total. The van der Waals surface area contributed by atoms with Crippen molar-refractivity contribution in [2.45, 2.75) is 33.3 Å². The quantitative estimate of drug-likeness (QED) is 0.783. The second-order valence-corrected chi connectivity index (χ2v) is 5.78. The molecule has 5 heteroatoms. The average Bonchev–Trinajstić information content (AvgIpc) is 2.61. The Morgan fingerprint density at radius 2 is 1.84 bits per heavy atom. The number of ether oxygens (including phenoxy) is 2. The third-order valence-electron chi connectivity index (χ3n) is 3.63. The van der Waals surface area contributed by atoms with Crippen LogP contribution in [0.25, 0.3) is 0 Å². The lowest BCUT2D eigenvalue weighted by atomic mass is 10.1. The average molecular weight is 341 g/mol. The number of aryl methyl sites for hydroxylation is 2. The first-order chi connectivity index (χ1) is 12.0. The lowest BCUT2D eigenvalue weighted by Crippen LogP contribution is -2.29. The van der Waals surface area contributed by atoms with Crippen LogP contribution < -0.4 is 10.1 Å². The number of hydrogen-bond acceptors (Lipinski definition) is 4. The molecule has 0 radical (unpaired) electrons. The first-order valence-electron chi connectivity index (χ1n) is 8.26. The highest BCUT2D eigenvalue weighted by molar-refractivity contribution is 5.93. The van der Waals surface area contributed by atoms with Crippen molar-refractivity contribution < 1.29 is 19.1 Å². The summed E-state index contributed by atoms with van der Waals surface area (Å²) in [6.07, 6.45) is 0.0888. The molecular formula is C20H23NO4. The molecule has 0 aromatic heterocycles. The van der Waals surface area contributed by atoms with Gasteiger partial charge in [-0.3, -0.25) is 4.79 Å². The maximum Gasteiger partial charge on any atom is 0.347 e. The van der Waals surface area contributed by atoms with Crippen LogP contribution in [0.2, 0.25) is 0 Å². The van der Waals surface area contributed by atoms with Gasteiger partial charge in [-0.1, -0.05) is 36.8 Å². The van der Waals surface area contributed by atoms with E-state index < -0.39 is 12.1 Å². The van der Waals surface area contributed by atoms with Gasteiger partial charge < -0.3 is 14.8 Å². The van der Waals surface area contributed by atoms with Crippen molar-refractivity contribution in [1.29, 1.82) is 0 Å². The normalized spacial score (nSPS) is 11.5. The summed E-state index contributed by atoms with van der Waals surface area (Å²) in [5.41, 5.74) is 2.91. The number of esters is 1. The van der Waals surface area contributed by atoms with E-state index in [4.69, 9.17) is 9.47 Å². The minimum atomic E-state index is -0.793. The van der Waals surface area contributed by atoms with E-state index in [1.807, 2.05) is 44.2 Å². The van der Waals surface area contributed by atoms with Crippen LogP contribution in [-0.4, -0.2) is 24.6 Å². The summed E-state index contributed by atoms with van der Waals surface area (Å²) in [5, 5.41) is 2.71. The Morgan fingerprint density at radius 1 is 1.12 bits per heavy atom. The predicted molar refractivity (Wildman–Crippen MR) is 96.7 cm³/mol. The summed E-state index contributed by atoms with van der Waals surface area (Å²) in [7, 11) is 0. The SMILES string of the molecule is CCc1cccc(NC(=O)COC(=O)C(C)Oc2ccc(C)cc2)c1. The van der Waals surface area contributed by atoms with Crippen molar-refractivity contribution in [3.05, 3.63) is 59.7 Å². The van der Waals surface area contributed by atoms with E-state index >= 15 is 0 Å². The van der Waals surface area contributed by atoms with Crippen LogP contribution in [0, 0.1) is 6.92 Å². The van der Waals surface area contributed by atoms with Crippen molar-refractivity contribution in [3.63, 3.8) is 0 Å². The molecule has 1 atom stereocenters. The van der Waals surface area contributed by atoms with Crippen LogP contribution in [0.5, 0.6) is 5.75 Å². The Hall–Kier alpha value is -2.82. The number of carbonyl (C=O) groups excluding carboxylic acids is 2. The maximum atomic E-state index is 11.9. The van der Waals surface area contributed by atoms with E-state index in [2.05, 4.69) is 5.32 Å². The van der Waals surface area contributed by atoms with Crippen molar-refractivity contribution in [2.24, 2.45) is 0 Å². The zero-order valence-corrected chi connectivity index (χ0v) is 14.7. The van der Waals surface area contributed by atoms with Crippen LogP contribution >= 0.6 is 0 Å². The molecule has 25 heavy (non-hydrogen) atoms. The fourth-order valence-corrected chi connectivity index (χ4v) is 2.19. The van der Waals surface area contributed by atoms with E-state index in [9.17, 15) is 9.59 Å². The lowest BCUT2D eigenvalue weighted by molar-refractivity contribution is -0.153. The molecule has 1 N–H and O–H groups in total. The topological polar surface area (TPSA) is 64.6 Å². The number of nitrogens with one attached hydrogen (secondary N) is 1. The number of carbonyl (C=O) groups is 2. The molecule has 0 bridgehead atoms. The molecule has 0 aliphatic rings. The highest BCUT2D eigenvalue weighted by Gasteiger charge is 2.17. The first kappa shape index (κ1) is 18.5. The molecule has 2 aromatic rings. The Bertz CT molecular complexity index is 725. The van der Waals surface area contributed by atoms with Gasteiger partial charge >= 0.3 is 5.97 Å². The number of benzene rings is 2.